The third-order valence-electron chi connectivity index (χ3n) is 4.35. The molecule has 1 aromatic rings. The molecule has 0 spiro atoms. The lowest BCUT2D eigenvalue weighted by atomic mass is 10.0. The number of sulfonamides is 1. The fraction of sp³-hybridized carbons (Fsp3) is 0.600. The summed E-state index contributed by atoms with van der Waals surface area (Å²) in [6.45, 7) is 4.18. The van der Waals surface area contributed by atoms with Gasteiger partial charge in [-0.3, -0.25) is 0 Å². The second-order valence-corrected chi connectivity index (χ2v) is 7.53. The van der Waals surface area contributed by atoms with E-state index in [1.165, 1.54) is 0 Å². The van der Waals surface area contributed by atoms with Crippen LogP contribution in [0, 0.1) is 5.92 Å². The second kappa shape index (κ2) is 5.94. The first kappa shape index (κ1) is 14.8. The van der Waals surface area contributed by atoms with Crippen LogP contribution in [0.5, 0.6) is 0 Å². The zero-order chi connectivity index (χ0) is 14.9. The van der Waals surface area contributed by atoms with Gasteiger partial charge in [0, 0.05) is 30.8 Å². The molecule has 1 saturated heterocycles. The Bertz CT molecular complexity index is 609. The van der Waals surface area contributed by atoms with Crippen LogP contribution in [0.15, 0.2) is 23.1 Å². The Morgan fingerprint density at radius 3 is 3.05 bits per heavy atom. The fourth-order valence-electron chi connectivity index (χ4n) is 3.08. The van der Waals surface area contributed by atoms with Gasteiger partial charge in [0.2, 0.25) is 10.0 Å². The van der Waals surface area contributed by atoms with Crippen molar-refractivity contribution in [1.82, 2.24) is 4.72 Å². The molecule has 2 heterocycles. The number of rotatable bonds is 4. The number of hydrogen-bond acceptors (Lipinski definition) is 4. The molecule has 1 aromatic carbocycles. The van der Waals surface area contributed by atoms with Gasteiger partial charge in [-0.1, -0.05) is 6.07 Å². The molecule has 2 N–H and O–H groups in total. The van der Waals surface area contributed by atoms with Crippen molar-refractivity contribution >= 4 is 15.7 Å². The number of nitrogens with one attached hydrogen (secondary N) is 2. The first-order chi connectivity index (χ1) is 10.1. The molecule has 2 aliphatic rings. The van der Waals surface area contributed by atoms with Crippen LogP contribution in [-0.4, -0.2) is 34.2 Å². The SMILES string of the molecule is CC(NS(=O)(=O)c1cccc2c1CCCN2)C1CCOC1. The van der Waals surface area contributed by atoms with Crippen LogP contribution >= 0.6 is 0 Å². The van der Waals surface area contributed by atoms with Crippen molar-refractivity contribution in [2.75, 3.05) is 25.1 Å². The zero-order valence-corrected chi connectivity index (χ0v) is 13.1. The minimum atomic E-state index is -3.48. The van der Waals surface area contributed by atoms with Crippen LogP contribution in [0.1, 0.15) is 25.3 Å². The van der Waals surface area contributed by atoms with Gasteiger partial charge in [0.25, 0.3) is 0 Å². The van der Waals surface area contributed by atoms with Crippen molar-refractivity contribution in [1.29, 1.82) is 0 Å². The summed E-state index contributed by atoms with van der Waals surface area (Å²) < 4.78 is 33.6. The summed E-state index contributed by atoms with van der Waals surface area (Å²) in [5.41, 5.74) is 1.85. The average Bonchev–Trinajstić information content (AvgIpc) is 3.00. The Morgan fingerprint density at radius 1 is 1.43 bits per heavy atom. The van der Waals surface area contributed by atoms with Gasteiger partial charge in [-0.05, 0) is 43.9 Å². The van der Waals surface area contributed by atoms with E-state index in [9.17, 15) is 8.42 Å². The highest BCUT2D eigenvalue weighted by Crippen LogP contribution is 2.29. The highest BCUT2D eigenvalue weighted by Gasteiger charge is 2.28. The number of anilines is 1. The summed E-state index contributed by atoms with van der Waals surface area (Å²) in [4.78, 5) is 0.415. The lowest BCUT2D eigenvalue weighted by Crippen LogP contribution is -2.38. The number of benzene rings is 1. The van der Waals surface area contributed by atoms with Crippen LogP contribution in [0.25, 0.3) is 0 Å². The van der Waals surface area contributed by atoms with E-state index in [0.717, 1.165) is 43.7 Å². The highest BCUT2D eigenvalue weighted by molar-refractivity contribution is 7.89. The summed E-state index contributed by atoms with van der Waals surface area (Å²) >= 11 is 0. The minimum absolute atomic E-state index is 0.107. The fourth-order valence-corrected chi connectivity index (χ4v) is 4.68. The largest absolute Gasteiger partial charge is 0.385 e. The van der Waals surface area contributed by atoms with Crippen molar-refractivity contribution in [3.8, 4) is 0 Å². The van der Waals surface area contributed by atoms with Gasteiger partial charge < -0.3 is 10.1 Å². The Hall–Kier alpha value is -1.11. The molecule has 2 atom stereocenters. The zero-order valence-electron chi connectivity index (χ0n) is 12.3. The summed E-state index contributed by atoms with van der Waals surface area (Å²) in [6, 6.07) is 5.34. The van der Waals surface area contributed by atoms with Gasteiger partial charge >= 0.3 is 0 Å². The first-order valence-corrected chi connectivity index (χ1v) is 9.02. The Morgan fingerprint density at radius 2 is 2.29 bits per heavy atom. The van der Waals surface area contributed by atoms with Crippen molar-refractivity contribution in [2.24, 2.45) is 5.92 Å². The third kappa shape index (κ3) is 3.07. The standard InChI is InChI=1S/C15H22N2O3S/c1-11(12-7-9-20-10-12)17-21(18,19)15-6-2-5-14-13(15)4-3-8-16-14/h2,5-6,11-12,16-17H,3-4,7-10H2,1H3. The summed E-state index contributed by atoms with van der Waals surface area (Å²) in [7, 11) is -3.48. The topological polar surface area (TPSA) is 67.4 Å². The van der Waals surface area contributed by atoms with Crippen molar-refractivity contribution in [3.05, 3.63) is 23.8 Å². The Kier molecular flexibility index (Phi) is 4.19. The Labute approximate surface area is 126 Å². The normalized spacial score (nSPS) is 23.4. The molecule has 0 radical (unpaired) electrons. The first-order valence-electron chi connectivity index (χ1n) is 7.54. The molecule has 21 heavy (non-hydrogen) atoms. The van der Waals surface area contributed by atoms with Crippen molar-refractivity contribution < 1.29 is 13.2 Å². The number of fused-ring (bicyclic) bond motifs is 1. The number of hydrogen-bond donors (Lipinski definition) is 2. The van der Waals surface area contributed by atoms with E-state index in [0.29, 0.717) is 11.5 Å². The molecular formula is C15H22N2O3S. The molecular weight excluding hydrogens is 288 g/mol. The molecule has 0 bridgehead atoms. The number of ether oxygens (including phenoxy) is 1. The summed E-state index contributed by atoms with van der Waals surface area (Å²) in [6.07, 6.45) is 2.68. The predicted molar refractivity (Wildman–Crippen MR) is 82.0 cm³/mol. The van der Waals surface area contributed by atoms with Crippen LogP contribution in [0.2, 0.25) is 0 Å². The van der Waals surface area contributed by atoms with Gasteiger partial charge in [0.1, 0.15) is 0 Å². The minimum Gasteiger partial charge on any atom is -0.385 e. The molecule has 0 aromatic heterocycles. The van der Waals surface area contributed by atoms with E-state index in [-0.39, 0.29) is 12.0 Å². The van der Waals surface area contributed by atoms with E-state index in [1.807, 2.05) is 13.0 Å². The molecule has 1 fully saturated rings. The molecule has 5 nitrogen and oxygen atoms in total. The van der Waals surface area contributed by atoms with Gasteiger partial charge in [0.05, 0.1) is 11.5 Å². The van der Waals surface area contributed by atoms with Crippen molar-refractivity contribution in [3.63, 3.8) is 0 Å². The summed E-state index contributed by atoms with van der Waals surface area (Å²) in [5, 5.41) is 3.27. The van der Waals surface area contributed by atoms with Crippen LogP contribution in [-0.2, 0) is 21.2 Å². The van der Waals surface area contributed by atoms with E-state index in [4.69, 9.17) is 4.74 Å². The highest BCUT2D eigenvalue weighted by atomic mass is 32.2. The molecule has 2 unspecified atom stereocenters. The van der Waals surface area contributed by atoms with E-state index < -0.39 is 10.0 Å². The van der Waals surface area contributed by atoms with Gasteiger partial charge in [-0.15, -0.1) is 0 Å². The van der Waals surface area contributed by atoms with E-state index in [2.05, 4.69) is 10.0 Å². The van der Waals surface area contributed by atoms with Gasteiger partial charge in [-0.25, -0.2) is 13.1 Å². The van der Waals surface area contributed by atoms with E-state index >= 15 is 0 Å². The molecule has 116 valence electrons. The average molecular weight is 310 g/mol. The summed E-state index contributed by atoms with van der Waals surface area (Å²) in [5.74, 6) is 0.262. The van der Waals surface area contributed by atoms with Crippen molar-refractivity contribution in [2.45, 2.75) is 37.1 Å². The third-order valence-corrected chi connectivity index (χ3v) is 6.00. The smallest absolute Gasteiger partial charge is 0.241 e. The Balaban J connectivity index is 1.84. The van der Waals surface area contributed by atoms with E-state index in [1.54, 1.807) is 12.1 Å². The van der Waals surface area contributed by atoms with Crippen LogP contribution in [0.3, 0.4) is 0 Å². The maximum atomic E-state index is 12.7. The molecule has 0 saturated carbocycles. The quantitative estimate of drug-likeness (QED) is 0.889. The van der Waals surface area contributed by atoms with Crippen LogP contribution in [0.4, 0.5) is 5.69 Å². The molecule has 3 rings (SSSR count). The maximum absolute atomic E-state index is 12.7. The lowest BCUT2D eigenvalue weighted by Gasteiger charge is -2.23. The lowest BCUT2D eigenvalue weighted by molar-refractivity contribution is 0.180. The monoisotopic (exact) mass is 310 g/mol. The maximum Gasteiger partial charge on any atom is 0.241 e. The molecule has 2 aliphatic heterocycles. The predicted octanol–water partition coefficient (Wildman–Crippen LogP) is 1.75. The van der Waals surface area contributed by atoms with Gasteiger partial charge in [0.15, 0.2) is 0 Å². The van der Waals surface area contributed by atoms with Gasteiger partial charge in [-0.2, -0.15) is 0 Å². The molecule has 0 amide bonds. The second-order valence-electron chi connectivity index (χ2n) is 5.85. The molecule has 6 heteroatoms. The van der Waals surface area contributed by atoms with Crippen LogP contribution < -0.4 is 10.0 Å². The molecule has 0 aliphatic carbocycles.